The van der Waals surface area contributed by atoms with Crippen molar-refractivity contribution in [2.24, 2.45) is 0 Å². The molecule has 1 fully saturated rings. The van der Waals surface area contributed by atoms with Crippen LogP contribution in [0.4, 0.5) is 0 Å². The molecule has 0 radical (unpaired) electrons. The van der Waals surface area contributed by atoms with E-state index in [1.54, 1.807) is 0 Å². The van der Waals surface area contributed by atoms with Crippen LogP contribution in [0.15, 0.2) is 12.2 Å². The summed E-state index contributed by atoms with van der Waals surface area (Å²) < 4.78 is 0. The monoisotopic (exact) mass is 195 g/mol. The van der Waals surface area contributed by atoms with Gasteiger partial charge in [-0.1, -0.05) is 12.2 Å². The summed E-state index contributed by atoms with van der Waals surface area (Å²) in [5.41, 5.74) is 0.725. The van der Waals surface area contributed by atoms with Gasteiger partial charge in [0.15, 0.2) is 0 Å². The van der Waals surface area contributed by atoms with Gasteiger partial charge in [0.2, 0.25) is 0 Å². The zero-order valence-corrected chi connectivity index (χ0v) is 10.4. The van der Waals surface area contributed by atoms with Gasteiger partial charge in [-0.3, -0.25) is 4.90 Å². The van der Waals surface area contributed by atoms with Crippen LogP contribution in [0.2, 0.25) is 0 Å². The van der Waals surface area contributed by atoms with E-state index in [1.807, 2.05) is 0 Å². The first-order valence-electron chi connectivity index (χ1n) is 5.79. The summed E-state index contributed by atoms with van der Waals surface area (Å²) in [4.78, 5) is 2.64. The lowest BCUT2D eigenvalue weighted by atomic mass is 9.80. The van der Waals surface area contributed by atoms with Crippen LogP contribution in [0, 0.1) is 0 Å². The van der Waals surface area contributed by atoms with Gasteiger partial charge in [0.05, 0.1) is 0 Å². The van der Waals surface area contributed by atoms with Crippen LogP contribution < -0.4 is 0 Å². The van der Waals surface area contributed by atoms with Crippen molar-refractivity contribution in [3.8, 4) is 0 Å². The molecular formula is C13H25N. The quantitative estimate of drug-likeness (QED) is 0.608. The average Bonchev–Trinajstić information content (AvgIpc) is 2.01. The second kappa shape index (κ2) is 4.06. The Kier molecular flexibility index (Phi) is 3.41. The molecule has 14 heavy (non-hydrogen) atoms. The molecular weight excluding hydrogens is 170 g/mol. The second-order valence-corrected chi connectivity index (χ2v) is 5.66. The van der Waals surface area contributed by atoms with Crippen LogP contribution in [0.5, 0.6) is 0 Å². The first-order chi connectivity index (χ1) is 6.40. The van der Waals surface area contributed by atoms with Crippen molar-refractivity contribution < 1.29 is 0 Å². The van der Waals surface area contributed by atoms with Crippen LogP contribution in [-0.2, 0) is 0 Å². The average molecular weight is 195 g/mol. The molecule has 1 aliphatic heterocycles. The van der Waals surface area contributed by atoms with E-state index >= 15 is 0 Å². The topological polar surface area (TPSA) is 3.24 Å². The highest BCUT2D eigenvalue weighted by Gasteiger charge is 2.40. The lowest BCUT2D eigenvalue weighted by Crippen LogP contribution is -2.58. The van der Waals surface area contributed by atoms with Crippen molar-refractivity contribution in [2.75, 3.05) is 6.54 Å². The van der Waals surface area contributed by atoms with Crippen LogP contribution in [0.25, 0.3) is 0 Å². The van der Waals surface area contributed by atoms with Gasteiger partial charge < -0.3 is 0 Å². The van der Waals surface area contributed by atoms with Gasteiger partial charge in [0.1, 0.15) is 0 Å². The van der Waals surface area contributed by atoms with E-state index < -0.39 is 0 Å². The van der Waals surface area contributed by atoms with Crippen molar-refractivity contribution >= 4 is 0 Å². The van der Waals surface area contributed by atoms with Crippen molar-refractivity contribution in [2.45, 2.75) is 65.0 Å². The summed E-state index contributed by atoms with van der Waals surface area (Å²) in [5, 5.41) is 0. The normalized spacial score (nSPS) is 26.9. The van der Waals surface area contributed by atoms with Gasteiger partial charge in [-0.2, -0.15) is 0 Å². The van der Waals surface area contributed by atoms with Crippen LogP contribution >= 0.6 is 0 Å². The van der Waals surface area contributed by atoms with Crippen LogP contribution in [0.1, 0.15) is 53.9 Å². The van der Waals surface area contributed by atoms with E-state index in [9.17, 15) is 0 Å². The minimum atomic E-state index is 0.362. The third-order valence-electron chi connectivity index (χ3n) is 3.56. The molecule has 1 aliphatic rings. The van der Waals surface area contributed by atoms with Crippen molar-refractivity contribution in [1.82, 2.24) is 4.90 Å². The van der Waals surface area contributed by atoms with Gasteiger partial charge >= 0.3 is 0 Å². The maximum absolute atomic E-state index is 2.64. The fraction of sp³-hybridized carbons (Fsp3) is 0.846. The molecule has 1 saturated heterocycles. The zero-order chi connectivity index (χ0) is 10.8. The van der Waals surface area contributed by atoms with Crippen LogP contribution in [-0.4, -0.2) is 22.5 Å². The molecule has 0 aromatic carbocycles. The summed E-state index contributed by atoms with van der Waals surface area (Å²) in [5.74, 6) is 0. The Morgan fingerprint density at radius 1 is 1.07 bits per heavy atom. The Morgan fingerprint density at radius 2 is 1.57 bits per heavy atom. The molecule has 1 rings (SSSR count). The molecule has 1 heteroatoms. The zero-order valence-electron chi connectivity index (χ0n) is 10.4. The summed E-state index contributed by atoms with van der Waals surface area (Å²) in [6.45, 7) is 12.7. The second-order valence-electron chi connectivity index (χ2n) is 5.66. The molecule has 0 amide bonds. The molecule has 0 N–H and O–H groups in total. The minimum Gasteiger partial charge on any atom is -0.289 e. The molecule has 0 aromatic rings. The molecule has 82 valence electrons. The predicted octanol–water partition coefficient (Wildman–Crippen LogP) is 3.61. The van der Waals surface area contributed by atoms with E-state index in [2.05, 4.69) is 51.7 Å². The minimum absolute atomic E-state index is 0.362. The number of hydrogen-bond acceptors (Lipinski definition) is 1. The molecule has 1 nitrogen and oxygen atoms in total. The summed E-state index contributed by atoms with van der Waals surface area (Å²) in [6.07, 6.45) is 8.45. The molecule has 0 unspecified atom stereocenters. The third kappa shape index (κ3) is 2.38. The Hall–Kier alpha value is -0.300. The highest BCUT2D eigenvalue weighted by atomic mass is 15.2. The number of piperidine rings is 1. The fourth-order valence-corrected chi connectivity index (χ4v) is 2.75. The Balaban J connectivity index is 2.80. The number of nitrogens with zero attached hydrogens (tertiary/aromatic N) is 1. The van der Waals surface area contributed by atoms with E-state index in [1.165, 1.54) is 19.3 Å². The Labute approximate surface area is 89.2 Å². The molecule has 0 aromatic heterocycles. The fourth-order valence-electron chi connectivity index (χ4n) is 2.75. The summed E-state index contributed by atoms with van der Waals surface area (Å²) >= 11 is 0. The highest BCUT2D eigenvalue weighted by Crippen LogP contribution is 2.37. The number of allylic oxidation sites excluding steroid dienone is 1. The van der Waals surface area contributed by atoms with E-state index in [4.69, 9.17) is 0 Å². The molecule has 0 bridgehead atoms. The third-order valence-corrected chi connectivity index (χ3v) is 3.56. The van der Waals surface area contributed by atoms with E-state index in [0.29, 0.717) is 11.1 Å². The number of likely N-dealkylation sites (tertiary alicyclic amines) is 1. The Bertz CT molecular complexity index is 197. The van der Waals surface area contributed by atoms with Crippen molar-refractivity contribution in [3.05, 3.63) is 12.2 Å². The van der Waals surface area contributed by atoms with E-state index in [0.717, 1.165) is 6.54 Å². The lowest BCUT2D eigenvalue weighted by molar-refractivity contribution is -0.0162. The highest BCUT2D eigenvalue weighted by molar-refractivity contribution is 5.00. The number of hydrogen-bond donors (Lipinski definition) is 0. The first kappa shape index (κ1) is 11.8. The van der Waals surface area contributed by atoms with Gasteiger partial charge in [0, 0.05) is 17.6 Å². The smallest absolute Gasteiger partial charge is 0.0173 e. The summed E-state index contributed by atoms with van der Waals surface area (Å²) in [7, 11) is 0. The largest absolute Gasteiger partial charge is 0.289 e. The molecule has 0 saturated carbocycles. The summed E-state index contributed by atoms with van der Waals surface area (Å²) in [6, 6.07) is 0. The van der Waals surface area contributed by atoms with Crippen molar-refractivity contribution in [1.29, 1.82) is 0 Å². The molecule has 0 aliphatic carbocycles. The van der Waals surface area contributed by atoms with Gasteiger partial charge in [-0.15, -0.1) is 0 Å². The molecule has 0 spiro atoms. The lowest BCUT2D eigenvalue weighted by Gasteiger charge is -2.52. The maximum Gasteiger partial charge on any atom is 0.0173 e. The van der Waals surface area contributed by atoms with Crippen LogP contribution in [0.3, 0.4) is 0 Å². The maximum atomic E-state index is 2.64. The van der Waals surface area contributed by atoms with Gasteiger partial charge in [-0.25, -0.2) is 0 Å². The number of rotatable bonds is 2. The first-order valence-corrected chi connectivity index (χ1v) is 5.79. The van der Waals surface area contributed by atoms with E-state index in [-0.39, 0.29) is 0 Å². The molecule has 0 atom stereocenters. The van der Waals surface area contributed by atoms with Gasteiger partial charge in [0.25, 0.3) is 0 Å². The van der Waals surface area contributed by atoms with Gasteiger partial charge in [-0.05, 0) is 53.9 Å². The van der Waals surface area contributed by atoms with Crippen molar-refractivity contribution in [3.63, 3.8) is 0 Å². The standard InChI is InChI=1S/C13H25N/c1-6-7-11-14-12(2,3)9-8-10-13(14,4)5/h6-7H,8-11H2,1-5H3/b7-6+. The SMILES string of the molecule is C/C=C/CN1C(C)(C)CCCC1(C)C. The molecule has 1 heterocycles. The Morgan fingerprint density at radius 3 is 2.00 bits per heavy atom. The predicted molar refractivity (Wildman–Crippen MR) is 63.5 cm³/mol.